The Labute approximate surface area is 132 Å². The van der Waals surface area contributed by atoms with Crippen LogP contribution >= 0.6 is 11.5 Å². The lowest BCUT2D eigenvalue weighted by molar-refractivity contribution is 0.102. The summed E-state index contributed by atoms with van der Waals surface area (Å²) >= 11 is 1.08. The Morgan fingerprint density at radius 2 is 2.09 bits per heavy atom. The summed E-state index contributed by atoms with van der Waals surface area (Å²) < 4.78 is 5.56. The molecular formula is C15H15N5OS. The van der Waals surface area contributed by atoms with Gasteiger partial charge in [-0.25, -0.2) is 0 Å². The first-order valence-electron chi connectivity index (χ1n) is 6.82. The maximum absolute atomic E-state index is 12.1. The molecule has 0 spiro atoms. The molecule has 22 heavy (non-hydrogen) atoms. The maximum atomic E-state index is 12.1. The molecule has 7 heteroatoms. The van der Waals surface area contributed by atoms with Gasteiger partial charge >= 0.3 is 0 Å². The number of nitrogens with zero attached hydrogens (tertiary/aromatic N) is 4. The SMILES string of the molecule is Cc1ccccc1Cn1ccc(NC(=O)c2snnc2C)n1. The zero-order valence-electron chi connectivity index (χ0n) is 12.3. The second-order valence-electron chi connectivity index (χ2n) is 4.97. The quantitative estimate of drug-likeness (QED) is 0.803. The number of carbonyl (C=O) groups is 1. The van der Waals surface area contributed by atoms with Crippen LogP contribution in [0.5, 0.6) is 0 Å². The van der Waals surface area contributed by atoms with Crippen LogP contribution in [0.2, 0.25) is 0 Å². The van der Waals surface area contributed by atoms with E-state index in [9.17, 15) is 4.79 Å². The molecule has 1 amide bonds. The van der Waals surface area contributed by atoms with Gasteiger partial charge in [0.2, 0.25) is 0 Å². The average molecular weight is 313 g/mol. The standard InChI is InChI=1S/C15H15N5OS/c1-10-5-3-4-6-12(10)9-20-8-7-13(18-20)16-15(21)14-11(2)17-19-22-14/h3-8H,9H2,1-2H3,(H,16,18,21). The number of anilines is 1. The highest BCUT2D eigenvalue weighted by atomic mass is 32.1. The molecule has 112 valence electrons. The van der Waals surface area contributed by atoms with Crippen molar-refractivity contribution in [3.8, 4) is 0 Å². The van der Waals surface area contributed by atoms with Crippen LogP contribution in [0.15, 0.2) is 36.5 Å². The van der Waals surface area contributed by atoms with Gasteiger partial charge in [-0.15, -0.1) is 5.10 Å². The van der Waals surface area contributed by atoms with E-state index in [1.54, 1.807) is 17.7 Å². The molecule has 2 heterocycles. The lowest BCUT2D eigenvalue weighted by Crippen LogP contribution is -2.12. The Balaban J connectivity index is 1.70. The fourth-order valence-electron chi connectivity index (χ4n) is 2.09. The minimum atomic E-state index is -0.228. The molecular weight excluding hydrogens is 298 g/mol. The van der Waals surface area contributed by atoms with Crippen LogP contribution in [0.1, 0.15) is 26.5 Å². The number of rotatable bonds is 4. The summed E-state index contributed by atoms with van der Waals surface area (Å²) in [6.07, 6.45) is 1.85. The summed E-state index contributed by atoms with van der Waals surface area (Å²) in [4.78, 5) is 12.6. The highest BCUT2D eigenvalue weighted by molar-refractivity contribution is 7.08. The van der Waals surface area contributed by atoms with Gasteiger partial charge in [-0.2, -0.15) is 5.10 Å². The van der Waals surface area contributed by atoms with Gasteiger partial charge in [0, 0.05) is 12.3 Å². The molecule has 0 saturated carbocycles. The van der Waals surface area contributed by atoms with Crippen LogP contribution in [-0.2, 0) is 6.54 Å². The molecule has 3 aromatic rings. The molecule has 2 aromatic heterocycles. The van der Waals surface area contributed by atoms with E-state index in [1.165, 1.54) is 11.1 Å². The van der Waals surface area contributed by atoms with Gasteiger partial charge in [-0.3, -0.25) is 9.48 Å². The van der Waals surface area contributed by atoms with Crippen LogP contribution in [0.3, 0.4) is 0 Å². The third-order valence-electron chi connectivity index (χ3n) is 3.33. The molecule has 0 aliphatic rings. The van der Waals surface area contributed by atoms with Gasteiger partial charge in [0.15, 0.2) is 5.82 Å². The highest BCUT2D eigenvalue weighted by Crippen LogP contribution is 2.13. The van der Waals surface area contributed by atoms with Crippen LogP contribution in [0.4, 0.5) is 5.82 Å². The third kappa shape index (κ3) is 3.04. The second-order valence-corrected chi connectivity index (χ2v) is 5.72. The Morgan fingerprint density at radius 1 is 1.27 bits per heavy atom. The molecule has 6 nitrogen and oxygen atoms in total. The van der Waals surface area contributed by atoms with Gasteiger partial charge in [0.05, 0.1) is 12.2 Å². The summed E-state index contributed by atoms with van der Waals surface area (Å²) in [5, 5.41) is 11.0. The van der Waals surface area contributed by atoms with Crippen LogP contribution < -0.4 is 5.32 Å². The number of carbonyl (C=O) groups excluding carboxylic acids is 1. The molecule has 0 aliphatic heterocycles. The van der Waals surface area contributed by atoms with E-state index in [0.29, 0.717) is 22.9 Å². The average Bonchev–Trinajstić information content (AvgIpc) is 3.10. The number of amides is 1. The highest BCUT2D eigenvalue weighted by Gasteiger charge is 2.14. The molecule has 0 radical (unpaired) electrons. The molecule has 1 aromatic carbocycles. The molecule has 0 aliphatic carbocycles. The summed E-state index contributed by atoms with van der Waals surface area (Å²) in [5.74, 6) is 0.292. The van der Waals surface area contributed by atoms with Crippen molar-refractivity contribution in [2.45, 2.75) is 20.4 Å². The van der Waals surface area contributed by atoms with E-state index in [4.69, 9.17) is 0 Å². The van der Waals surface area contributed by atoms with E-state index in [2.05, 4.69) is 39.1 Å². The van der Waals surface area contributed by atoms with Gasteiger partial charge in [-0.05, 0) is 36.5 Å². The topological polar surface area (TPSA) is 72.7 Å². The Morgan fingerprint density at radius 3 is 2.82 bits per heavy atom. The van der Waals surface area contributed by atoms with Crippen LogP contribution in [0.25, 0.3) is 0 Å². The van der Waals surface area contributed by atoms with E-state index >= 15 is 0 Å². The lowest BCUT2D eigenvalue weighted by Gasteiger charge is -2.05. The zero-order valence-corrected chi connectivity index (χ0v) is 13.1. The minimum Gasteiger partial charge on any atom is -0.304 e. The van der Waals surface area contributed by atoms with E-state index in [-0.39, 0.29) is 5.91 Å². The van der Waals surface area contributed by atoms with Crippen LogP contribution in [-0.4, -0.2) is 25.3 Å². The number of benzene rings is 1. The lowest BCUT2D eigenvalue weighted by atomic mass is 10.1. The number of nitrogens with one attached hydrogen (secondary N) is 1. The first kappa shape index (κ1) is 14.4. The summed E-state index contributed by atoms with van der Waals surface area (Å²) in [7, 11) is 0. The van der Waals surface area contributed by atoms with Gasteiger partial charge in [-0.1, -0.05) is 28.8 Å². The summed E-state index contributed by atoms with van der Waals surface area (Å²) in [6, 6.07) is 9.94. The number of hydrogen-bond acceptors (Lipinski definition) is 5. The van der Waals surface area contributed by atoms with Gasteiger partial charge in [0.25, 0.3) is 5.91 Å². The molecule has 0 unspecified atom stereocenters. The number of aryl methyl sites for hydroxylation is 2. The molecule has 0 saturated heterocycles. The molecule has 1 N–H and O–H groups in total. The van der Waals surface area contributed by atoms with Crippen molar-refractivity contribution in [3.05, 3.63) is 58.2 Å². The summed E-state index contributed by atoms with van der Waals surface area (Å²) in [6.45, 7) is 4.50. The van der Waals surface area contributed by atoms with Crippen molar-refractivity contribution in [1.82, 2.24) is 19.4 Å². The van der Waals surface area contributed by atoms with Crippen molar-refractivity contribution in [2.24, 2.45) is 0 Å². The smallest absolute Gasteiger partial charge is 0.270 e. The van der Waals surface area contributed by atoms with E-state index in [1.807, 2.05) is 18.3 Å². The zero-order chi connectivity index (χ0) is 15.5. The van der Waals surface area contributed by atoms with E-state index < -0.39 is 0 Å². The number of hydrogen-bond donors (Lipinski definition) is 1. The third-order valence-corrected chi connectivity index (χ3v) is 4.16. The first-order valence-corrected chi connectivity index (χ1v) is 7.59. The normalized spacial score (nSPS) is 10.6. The van der Waals surface area contributed by atoms with Gasteiger partial charge < -0.3 is 5.32 Å². The molecule has 0 atom stereocenters. The Kier molecular flexibility index (Phi) is 3.97. The predicted molar refractivity (Wildman–Crippen MR) is 85.1 cm³/mol. The van der Waals surface area contributed by atoms with Crippen molar-refractivity contribution in [1.29, 1.82) is 0 Å². The first-order chi connectivity index (χ1) is 10.6. The Bertz CT molecular complexity index is 808. The molecule has 0 bridgehead atoms. The Hall–Kier alpha value is -2.54. The van der Waals surface area contributed by atoms with E-state index in [0.717, 1.165) is 11.5 Å². The van der Waals surface area contributed by atoms with Crippen molar-refractivity contribution in [3.63, 3.8) is 0 Å². The fraction of sp³-hybridized carbons (Fsp3) is 0.200. The maximum Gasteiger partial charge on any atom is 0.270 e. The van der Waals surface area contributed by atoms with Crippen molar-refractivity contribution < 1.29 is 4.79 Å². The van der Waals surface area contributed by atoms with Crippen molar-refractivity contribution in [2.75, 3.05) is 5.32 Å². The predicted octanol–water partition coefficient (Wildman–Crippen LogP) is 2.65. The van der Waals surface area contributed by atoms with Gasteiger partial charge in [0.1, 0.15) is 4.88 Å². The molecule has 3 rings (SSSR count). The molecule has 0 fully saturated rings. The number of aromatic nitrogens is 4. The summed E-state index contributed by atoms with van der Waals surface area (Å²) in [5.41, 5.74) is 3.04. The second kappa shape index (κ2) is 6.07. The minimum absolute atomic E-state index is 0.228. The fourth-order valence-corrected chi connectivity index (χ4v) is 2.64. The largest absolute Gasteiger partial charge is 0.304 e. The van der Waals surface area contributed by atoms with Crippen molar-refractivity contribution >= 4 is 23.3 Å². The van der Waals surface area contributed by atoms with Crippen LogP contribution in [0, 0.1) is 13.8 Å². The monoisotopic (exact) mass is 313 g/mol.